The summed E-state index contributed by atoms with van der Waals surface area (Å²) in [4.78, 5) is 15.1. The molecule has 1 aliphatic heterocycles. The fourth-order valence-corrected chi connectivity index (χ4v) is 4.24. The molecule has 0 bridgehead atoms. The quantitative estimate of drug-likeness (QED) is 0.743. The summed E-state index contributed by atoms with van der Waals surface area (Å²) in [7, 11) is 0. The SMILES string of the molecule is Cc1c(C(=O)N2CCC(NCC3CC3)CC2)oc2c1ccc1ccccc12. The number of likely N-dealkylation sites (tertiary alicyclic amines) is 1. The highest BCUT2D eigenvalue weighted by molar-refractivity contribution is 6.08. The lowest BCUT2D eigenvalue weighted by molar-refractivity contribution is 0.0674. The van der Waals surface area contributed by atoms with Crippen LogP contribution in [0.4, 0.5) is 0 Å². The largest absolute Gasteiger partial charge is 0.450 e. The van der Waals surface area contributed by atoms with E-state index in [1.807, 2.05) is 24.0 Å². The fourth-order valence-electron chi connectivity index (χ4n) is 4.24. The number of carbonyl (C=O) groups excluding carboxylic acids is 1. The Kier molecular flexibility index (Phi) is 4.16. The number of carbonyl (C=O) groups is 1. The first-order chi connectivity index (χ1) is 13.2. The molecule has 0 radical (unpaired) electrons. The second kappa shape index (κ2) is 6.68. The highest BCUT2D eigenvalue weighted by Crippen LogP contribution is 2.33. The maximum atomic E-state index is 13.1. The number of rotatable bonds is 4. The number of hydrogen-bond acceptors (Lipinski definition) is 3. The zero-order valence-corrected chi connectivity index (χ0v) is 15.8. The van der Waals surface area contributed by atoms with Crippen molar-refractivity contribution in [3.63, 3.8) is 0 Å². The predicted octanol–water partition coefficient (Wildman–Crippen LogP) is 4.50. The second-order valence-electron chi connectivity index (χ2n) is 8.14. The van der Waals surface area contributed by atoms with Gasteiger partial charge in [-0.1, -0.05) is 36.4 Å². The number of hydrogen-bond donors (Lipinski definition) is 1. The third-order valence-electron chi connectivity index (χ3n) is 6.20. The van der Waals surface area contributed by atoms with Gasteiger partial charge in [0, 0.05) is 35.5 Å². The van der Waals surface area contributed by atoms with Gasteiger partial charge in [0.15, 0.2) is 5.76 Å². The van der Waals surface area contributed by atoms with E-state index in [0.29, 0.717) is 11.8 Å². The van der Waals surface area contributed by atoms with Crippen molar-refractivity contribution < 1.29 is 9.21 Å². The average Bonchev–Trinajstić information content (AvgIpc) is 3.48. The Labute approximate surface area is 159 Å². The van der Waals surface area contributed by atoms with Gasteiger partial charge >= 0.3 is 0 Å². The van der Waals surface area contributed by atoms with Crippen molar-refractivity contribution in [1.29, 1.82) is 0 Å². The number of amides is 1. The maximum absolute atomic E-state index is 13.1. The molecule has 1 saturated heterocycles. The highest BCUT2D eigenvalue weighted by atomic mass is 16.3. The molecule has 2 aliphatic rings. The van der Waals surface area contributed by atoms with Crippen LogP contribution in [0.5, 0.6) is 0 Å². The molecular formula is C23H26N2O2. The molecule has 140 valence electrons. The minimum absolute atomic E-state index is 0.0356. The van der Waals surface area contributed by atoms with Crippen molar-refractivity contribution in [1.82, 2.24) is 10.2 Å². The second-order valence-corrected chi connectivity index (χ2v) is 8.14. The third-order valence-corrected chi connectivity index (χ3v) is 6.20. The molecule has 0 atom stereocenters. The monoisotopic (exact) mass is 362 g/mol. The van der Waals surface area contributed by atoms with Crippen molar-refractivity contribution in [2.75, 3.05) is 19.6 Å². The van der Waals surface area contributed by atoms with Gasteiger partial charge in [-0.2, -0.15) is 0 Å². The summed E-state index contributed by atoms with van der Waals surface area (Å²) in [6.45, 7) is 4.75. The standard InChI is InChI=1S/C23H26N2O2/c1-15-19-9-8-17-4-2-3-5-20(17)22(19)27-21(15)23(26)25-12-10-18(11-13-25)24-14-16-6-7-16/h2-5,8-9,16,18,24H,6-7,10-14H2,1H3. The molecule has 2 fully saturated rings. The summed E-state index contributed by atoms with van der Waals surface area (Å²) >= 11 is 0. The molecule has 4 nitrogen and oxygen atoms in total. The first kappa shape index (κ1) is 16.8. The lowest BCUT2D eigenvalue weighted by Crippen LogP contribution is -2.45. The number of nitrogens with one attached hydrogen (secondary N) is 1. The normalized spacial score (nSPS) is 18.5. The van der Waals surface area contributed by atoms with Crippen LogP contribution in [0.3, 0.4) is 0 Å². The number of nitrogens with zero attached hydrogens (tertiary/aromatic N) is 1. The Balaban J connectivity index is 1.36. The van der Waals surface area contributed by atoms with Crippen LogP contribution in [0.1, 0.15) is 41.8 Å². The van der Waals surface area contributed by atoms with Crippen molar-refractivity contribution >= 4 is 27.6 Å². The minimum Gasteiger partial charge on any atom is -0.450 e. The van der Waals surface area contributed by atoms with Crippen LogP contribution in [0.2, 0.25) is 0 Å². The fraction of sp³-hybridized carbons (Fsp3) is 0.435. The number of aryl methyl sites for hydroxylation is 1. The molecule has 2 aromatic carbocycles. The van der Waals surface area contributed by atoms with Gasteiger partial charge in [0.2, 0.25) is 0 Å². The summed E-state index contributed by atoms with van der Waals surface area (Å²) in [6.07, 6.45) is 4.82. The van der Waals surface area contributed by atoms with Gasteiger partial charge in [0.25, 0.3) is 5.91 Å². The van der Waals surface area contributed by atoms with Crippen LogP contribution < -0.4 is 5.32 Å². The topological polar surface area (TPSA) is 45.5 Å². The van der Waals surface area contributed by atoms with Crippen LogP contribution in [-0.2, 0) is 0 Å². The Morgan fingerprint density at radius 2 is 1.85 bits per heavy atom. The van der Waals surface area contributed by atoms with E-state index in [2.05, 4.69) is 29.6 Å². The molecule has 5 rings (SSSR count). The maximum Gasteiger partial charge on any atom is 0.289 e. The van der Waals surface area contributed by atoms with E-state index >= 15 is 0 Å². The van der Waals surface area contributed by atoms with E-state index in [-0.39, 0.29) is 5.91 Å². The number of fused-ring (bicyclic) bond motifs is 3. The molecule has 3 aromatic rings. The molecule has 1 amide bonds. The summed E-state index contributed by atoms with van der Waals surface area (Å²) in [5, 5.41) is 6.92. The summed E-state index contributed by atoms with van der Waals surface area (Å²) in [5.74, 6) is 1.44. The number of benzene rings is 2. The lowest BCUT2D eigenvalue weighted by Gasteiger charge is -2.32. The zero-order valence-electron chi connectivity index (χ0n) is 15.8. The summed E-state index contributed by atoms with van der Waals surface area (Å²) in [5.41, 5.74) is 1.78. The van der Waals surface area contributed by atoms with E-state index in [1.54, 1.807) is 0 Å². The number of piperidine rings is 1. The molecule has 0 spiro atoms. The van der Waals surface area contributed by atoms with Gasteiger partial charge in [-0.15, -0.1) is 0 Å². The van der Waals surface area contributed by atoms with E-state index in [9.17, 15) is 4.79 Å². The van der Waals surface area contributed by atoms with Gasteiger partial charge in [-0.3, -0.25) is 4.79 Å². The molecule has 1 aliphatic carbocycles. The van der Waals surface area contributed by atoms with Crippen LogP contribution in [0, 0.1) is 12.8 Å². The first-order valence-electron chi connectivity index (χ1n) is 10.1. The Morgan fingerprint density at radius 3 is 2.63 bits per heavy atom. The summed E-state index contributed by atoms with van der Waals surface area (Å²) < 4.78 is 6.13. The molecule has 1 N–H and O–H groups in total. The van der Waals surface area contributed by atoms with Crippen LogP contribution in [-0.4, -0.2) is 36.5 Å². The lowest BCUT2D eigenvalue weighted by atomic mass is 10.0. The van der Waals surface area contributed by atoms with E-state index in [4.69, 9.17) is 4.42 Å². The van der Waals surface area contributed by atoms with Gasteiger partial charge in [-0.05, 0) is 50.5 Å². The van der Waals surface area contributed by atoms with Crippen molar-refractivity contribution in [2.24, 2.45) is 5.92 Å². The Hall–Kier alpha value is -2.33. The molecule has 0 unspecified atom stereocenters. The predicted molar refractivity (Wildman–Crippen MR) is 108 cm³/mol. The zero-order chi connectivity index (χ0) is 18.4. The smallest absolute Gasteiger partial charge is 0.289 e. The van der Waals surface area contributed by atoms with Gasteiger partial charge < -0.3 is 14.6 Å². The highest BCUT2D eigenvalue weighted by Gasteiger charge is 2.29. The average molecular weight is 362 g/mol. The molecule has 1 saturated carbocycles. The van der Waals surface area contributed by atoms with Gasteiger partial charge in [0.05, 0.1) is 0 Å². The van der Waals surface area contributed by atoms with Crippen molar-refractivity contribution in [3.05, 3.63) is 47.7 Å². The molecule has 2 heterocycles. The van der Waals surface area contributed by atoms with Crippen LogP contribution in [0.15, 0.2) is 40.8 Å². The molecular weight excluding hydrogens is 336 g/mol. The van der Waals surface area contributed by atoms with Crippen LogP contribution >= 0.6 is 0 Å². The Morgan fingerprint density at radius 1 is 1.07 bits per heavy atom. The number of furan rings is 1. The van der Waals surface area contributed by atoms with Gasteiger partial charge in [0.1, 0.15) is 5.58 Å². The van der Waals surface area contributed by atoms with E-state index in [1.165, 1.54) is 12.8 Å². The first-order valence-corrected chi connectivity index (χ1v) is 10.1. The van der Waals surface area contributed by atoms with E-state index in [0.717, 1.165) is 65.7 Å². The van der Waals surface area contributed by atoms with Gasteiger partial charge in [-0.25, -0.2) is 0 Å². The molecule has 4 heteroatoms. The van der Waals surface area contributed by atoms with Crippen molar-refractivity contribution in [2.45, 2.75) is 38.6 Å². The van der Waals surface area contributed by atoms with Crippen LogP contribution in [0.25, 0.3) is 21.7 Å². The van der Waals surface area contributed by atoms with Crippen molar-refractivity contribution in [3.8, 4) is 0 Å². The molecule has 1 aromatic heterocycles. The molecule has 27 heavy (non-hydrogen) atoms. The van der Waals surface area contributed by atoms with E-state index < -0.39 is 0 Å². The third kappa shape index (κ3) is 3.12. The summed E-state index contributed by atoms with van der Waals surface area (Å²) in [6, 6.07) is 12.9. The Bertz CT molecular complexity index is 994. The minimum atomic E-state index is 0.0356.